The van der Waals surface area contributed by atoms with E-state index < -0.39 is 23.5 Å². The second-order valence-corrected chi connectivity index (χ2v) is 13.5. The molecule has 0 aliphatic heterocycles. The van der Waals surface area contributed by atoms with Gasteiger partial charge in [0.25, 0.3) is 0 Å². The van der Waals surface area contributed by atoms with E-state index in [2.05, 4.69) is 6.07 Å². The number of aryl methyl sites for hydroxylation is 4. The SMILES string of the molecule is Cc1ccc2c3ccc(C)cc3n(-c3cc(C#N)cc(-n4c5cc(C)ccc5c5ccc(C)cc54)c3-c3cc(C(F)(F)F)cc(C(F)(F)F)c3)c2c1. The van der Waals surface area contributed by atoms with Crippen molar-refractivity contribution < 1.29 is 26.3 Å². The van der Waals surface area contributed by atoms with Crippen LogP contribution >= 0.6 is 0 Å². The summed E-state index contributed by atoms with van der Waals surface area (Å²) in [5.74, 6) is 0. The standard InChI is InChI=1S/C43H29F6N3/c1-23-5-9-31-32-10-6-24(2)14-36(32)51(35(31)13-23)39-17-27(22-50)18-40(41(39)28-19-29(42(44,45)46)21-30(20-28)43(47,48)49)52-37-15-25(3)7-11-33(37)34-12-8-26(4)16-38(34)52/h5-21H,1-4H3. The Morgan fingerprint density at radius 3 is 1.08 bits per heavy atom. The zero-order chi connectivity index (χ0) is 36.9. The van der Waals surface area contributed by atoms with E-state index in [-0.39, 0.29) is 34.1 Å². The first-order valence-corrected chi connectivity index (χ1v) is 16.5. The Labute approximate surface area is 294 Å². The van der Waals surface area contributed by atoms with E-state index in [1.165, 1.54) is 0 Å². The largest absolute Gasteiger partial charge is 0.416 e. The van der Waals surface area contributed by atoms with E-state index in [4.69, 9.17) is 0 Å². The molecule has 0 fully saturated rings. The number of halogens is 6. The average Bonchev–Trinajstić information content (AvgIpc) is 3.56. The maximum absolute atomic E-state index is 14.5. The molecule has 0 spiro atoms. The van der Waals surface area contributed by atoms with Gasteiger partial charge >= 0.3 is 12.4 Å². The molecule has 0 N–H and O–H groups in total. The van der Waals surface area contributed by atoms with E-state index in [0.717, 1.165) is 55.9 Å². The second kappa shape index (κ2) is 11.5. The van der Waals surface area contributed by atoms with Crippen molar-refractivity contribution in [2.24, 2.45) is 0 Å². The van der Waals surface area contributed by atoms with Crippen LogP contribution in [-0.2, 0) is 12.4 Å². The molecule has 6 aromatic carbocycles. The minimum atomic E-state index is -5.08. The van der Waals surface area contributed by atoms with Crippen LogP contribution < -0.4 is 0 Å². The highest BCUT2D eigenvalue weighted by Crippen LogP contribution is 2.46. The zero-order valence-electron chi connectivity index (χ0n) is 28.4. The van der Waals surface area contributed by atoms with Crippen molar-refractivity contribution >= 4 is 43.6 Å². The lowest BCUT2D eigenvalue weighted by molar-refractivity contribution is -0.143. The summed E-state index contributed by atoms with van der Waals surface area (Å²) in [6, 6.07) is 30.4. The molecule has 0 atom stereocenters. The Hall–Kier alpha value is -6.01. The van der Waals surface area contributed by atoms with Crippen LogP contribution in [0.4, 0.5) is 26.3 Å². The van der Waals surface area contributed by atoms with Gasteiger partial charge in [0.2, 0.25) is 0 Å². The van der Waals surface area contributed by atoms with Crippen LogP contribution in [0.1, 0.15) is 38.9 Å². The third-order valence-electron chi connectivity index (χ3n) is 9.74. The maximum Gasteiger partial charge on any atom is 0.416 e. The fourth-order valence-electron chi connectivity index (χ4n) is 7.42. The minimum Gasteiger partial charge on any atom is -0.308 e. The lowest BCUT2D eigenvalue weighted by atomic mass is 9.94. The van der Waals surface area contributed by atoms with Crippen LogP contribution in [0.5, 0.6) is 0 Å². The molecule has 0 radical (unpaired) electrons. The number of aromatic nitrogens is 2. The van der Waals surface area contributed by atoms with Crippen molar-refractivity contribution in [3.05, 3.63) is 142 Å². The van der Waals surface area contributed by atoms with Gasteiger partial charge in [0, 0.05) is 27.1 Å². The molecule has 0 amide bonds. The van der Waals surface area contributed by atoms with Crippen LogP contribution in [0.3, 0.4) is 0 Å². The lowest BCUT2D eigenvalue weighted by Crippen LogP contribution is -2.12. The number of benzene rings is 6. The topological polar surface area (TPSA) is 33.6 Å². The van der Waals surface area contributed by atoms with Gasteiger partial charge < -0.3 is 9.13 Å². The van der Waals surface area contributed by atoms with E-state index in [0.29, 0.717) is 22.1 Å². The van der Waals surface area contributed by atoms with Gasteiger partial charge in [-0.1, -0.05) is 48.5 Å². The molecule has 0 bridgehead atoms. The first-order chi connectivity index (χ1) is 24.6. The van der Waals surface area contributed by atoms with Crippen LogP contribution in [-0.4, -0.2) is 9.13 Å². The van der Waals surface area contributed by atoms with E-state index in [9.17, 15) is 31.6 Å². The molecule has 258 valence electrons. The van der Waals surface area contributed by atoms with Crippen LogP contribution in [0.2, 0.25) is 0 Å². The maximum atomic E-state index is 14.5. The van der Waals surface area contributed by atoms with Gasteiger partial charge in [-0.25, -0.2) is 0 Å². The first-order valence-electron chi connectivity index (χ1n) is 16.5. The molecular formula is C43H29F6N3. The van der Waals surface area contributed by atoms with Gasteiger partial charge in [-0.15, -0.1) is 0 Å². The van der Waals surface area contributed by atoms with Crippen molar-refractivity contribution in [3.8, 4) is 28.6 Å². The molecule has 0 aliphatic rings. The van der Waals surface area contributed by atoms with Gasteiger partial charge in [-0.2, -0.15) is 31.6 Å². The molecule has 8 aromatic rings. The summed E-state index contributed by atoms with van der Waals surface area (Å²) in [6.07, 6.45) is -10.2. The first kappa shape index (κ1) is 33.2. The van der Waals surface area contributed by atoms with Crippen molar-refractivity contribution in [3.63, 3.8) is 0 Å². The lowest BCUT2D eigenvalue weighted by Gasteiger charge is -2.22. The number of nitriles is 1. The fourth-order valence-corrected chi connectivity index (χ4v) is 7.42. The molecule has 0 aliphatic carbocycles. The molecule has 52 heavy (non-hydrogen) atoms. The van der Waals surface area contributed by atoms with Crippen molar-refractivity contribution in [1.82, 2.24) is 9.13 Å². The Kier molecular flexibility index (Phi) is 7.33. The van der Waals surface area contributed by atoms with Gasteiger partial charge in [0.05, 0.1) is 56.2 Å². The summed E-state index contributed by atoms with van der Waals surface area (Å²) in [7, 11) is 0. The average molecular weight is 702 g/mol. The number of rotatable bonds is 3. The normalized spacial score (nSPS) is 12.4. The van der Waals surface area contributed by atoms with Crippen LogP contribution in [0.25, 0.3) is 66.1 Å². The van der Waals surface area contributed by atoms with Gasteiger partial charge in [-0.3, -0.25) is 0 Å². The Balaban J connectivity index is 1.65. The molecule has 2 aromatic heterocycles. The fraction of sp³-hybridized carbons (Fsp3) is 0.140. The molecular weight excluding hydrogens is 672 g/mol. The molecule has 0 saturated carbocycles. The highest BCUT2D eigenvalue weighted by molar-refractivity contribution is 6.12. The molecule has 2 heterocycles. The summed E-state index contributed by atoms with van der Waals surface area (Å²) in [4.78, 5) is 0. The Bertz CT molecular complexity index is 2530. The molecule has 0 saturated heterocycles. The third kappa shape index (κ3) is 5.29. The van der Waals surface area contributed by atoms with E-state index in [1.807, 2.05) is 110 Å². The molecule has 8 rings (SSSR count). The van der Waals surface area contributed by atoms with Gasteiger partial charge in [0.15, 0.2) is 0 Å². The third-order valence-corrected chi connectivity index (χ3v) is 9.74. The summed E-state index contributed by atoms with van der Waals surface area (Å²) < 4.78 is 90.8. The van der Waals surface area contributed by atoms with Crippen molar-refractivity contribution in [2.75, 3.05) is 0 Å². The van der Waals surface area contributed by atoms with Gasteiger partial charge in [-0.05, 0) is 110 Å². The number of hydrogen-bond donors (Lipinski definition) is 0. The molecule has 9 heteroatoms. The van der Waals surface area contributed by atoms with E-state index >= 15 is 0 Å². The van der Waals surface area contributed by atoms with E-state index in [1.54, 1.807) is 12.1 Å². The van der Waals surface area contributed by atoms with Crippen LogP contribution in [0, 0.1) is 39.0 Å². The predicted octanol–water partition coefficient (Wildman–Crippen LogP) is 12.7. The monoisotopic (exact) mass is 701 g/mol. The van der Waals surface area contributed by atoms with Crippen LogP contribution in [0.15, 0.2) is 103 Å². The molecule has 3 nitrogen and oxygen atoms in total. The highest BCUT2D eigenvalue weighted by Gasteiger charge is 2.38. The Morgan fingerprint density at radius 2 is 0.788 bits per heavy atom. The quantitative estimate of drug-likeness (QED) is 0.169. The van der Waals surface area contributed by atoms with Gasteiger partial charge in [0.1, 0.15) is 0 Å². The molecule has 0 unspecified atom stereocenters. The van der Waals surface area contributed by atoms with Crippen molar-refractivity contribution in [1.29, 1.82) is 5.26 Å². The summed E-state index contributed by atoms with van der Waals surface area (Å²) in [5.41, 5.74) is 4.07. The number of hydrogen-bond acceptors (Lipinski definition) is 1. The van der Waals surface area contributed by atoms with Crippen molar-refractivity contribution in [2.45, 2.75) is 40.0 Å². The smallest absolute Gasteiger partial charge is 0.308 e. The Morgan fingerprint density at radius 1 is 0.462 bits per heavy atom. The zero-order valence-corrected chi connectivity index (χ0v) is 28.4. The predicted molar refractivity (Wildman–Crippen MR) is 194 cm³/mol. The number of alkyl halides is 6. The summed E-state index contributed by atoms with van der Waals surface area (Å²) in [5, 5.41) is 13.9. The highest BCUT2D eigenvalue weighted by atomic mass is 19.4. The summed E-state index contributed by atoms with van der Waals surface area (Å²) in [6.45, 7) is 7.65. The number of fused-ring (bicyclic) bond motifs is 6. The number of nitrogens with zero attached hydrogens (tertiary/aromatic N) is 3. The summed E-state index contributed by atoms with van der Waals surface area (Å²) >= 11 is 0. The minimum absolute atomic E-state index is 0.110. The second-order valence-electron chi connectivity index (χ2n) is 13.5.